The fraction of sp³-hybridized carbons (Fsp3) is 0.391. The van der Waals surface area contributed by atoms with Gasteiger partial charge in [0.05, 0.1) is 19.1 Å². The number of amides is 2. The van der Waals surface area contributed by atoms with E-state index in [-0.39, 0.29) is 18.1 Å². The van der Waals surface area contributed by atoms with Crippen molar-refractivity contribution in [2.45, 2.75) is 32.9 Å². The molecule has 0 fully saturated rings. The summed E-state index contributed by atoms with van der Waals surface area (Å²) in [6.07, 6.45) is 1.74. The van der Waals surface area contributed by atoms with Crippen molar-refractivity contribution in [3.05, 3.63) is 58.1 Å². The Morgan fingerprint density at radius 1 is 1.09 bits per heavy atom. The van der Waals surface area contributed by atoms with E-state index in [0.29, 0.717) is 27.9 Å². The molecule has 11 heteroatoms. The largest absolute Gasteiger partial charge is 0.497 e. The van der Waals surface area contributed by atoms with Crippen LogP contribution in [0.15, 0.2) is 42.5 Å². The van der Waals surface area contributed by atoms with E-state index in [1.54, 1.807) is 49.4 Å². The average molecular weight is 530 g/mol. The van der Waals surface area contributed by atoms with Gasteiger partial charge in [-0.2, -0.15) is 0 Å². The Morgan fingerprint density at radius 2 is 1.68 bits per heavy atom. The Kier molecular flexibility index (Phi) is 10.0. The number of rotatable bonds is 11. The van der Waals surface area contributed by atoms with Gasteiger partial charge < -0.3 is 15.0 Å². The van der Waals surface area contributed by atoms with Crippen molar-refractivity contribution in [3.8, 4) is 5.75 Å². The Morgan fingerprint density at radius 3 is 2.18 bits per heavy atom. The third kappa shape index (κ3) is 7.25. The maximum absolute atomic E-state index is 13.5. The van der Waals surface area contributed by atoms with Crippen molar-refractivity contribution in [3.63, 3.8) is 0 Å². The predicted octanol–water partition coefficient (Wildman–Crippen LogP) is 3.71. The molecule has 0 aliphatic carbocycles. The van der Waals surface area contributed by atoms with Crippen LogP contribution < -0.4 is 14.4 Å². The number of hydrogen-bond acceptors (Lipinski definition) is 5. The first kappa shape index (κ1) is 27.8. The highest BCUT2D eigenvalue weighted by molar-refractivity contribution is 7.92. The van der Waals surface area contributed by atoms with Gasteiger partial charge in [-0.3, -0.25) is 13.9 Å². The molecule has 0 saturated carbocycles. The van der Waals surface area contributed by atoms with Crippen molar-refractivity contribution >= 4 is 50.7 Å². The number of halogens is 2. The topological polar surface area (TPSA) is 96.0 Å². The molecule has 0 radical (unpaired) electrons. The number of anilines is 1. The number of sulfonamides is 1. The molecule has 2 aromatic rings. The van der Waals surface area contributed by atoms with Crippen LogP contribution in [0.25, 0.3) is 0 Å². The van der Waals surface area contributed by atoms with Crippen LogP contribution >= 0.6 is 23.2 Å². The molecule has 0 bridgehead atoms. The van der Waals surface area contributed by atoms with Crippen LogP contribution in [0, 0.1) is 0 Å². The Hall–Kier alpha value is -2.49. The summed E-state index contributed by atoms with van der Waals surface area (Å²) in [6.45, 7) is 3.35. The van der Waals surface area contributed by atoms with E-state index in [0.717, 1.165) is 17.0 Å². The summed E-state index contributed by atoms with van der Waals surface area (Å²) in [5.74, 6) is -0.412. The normalized spacial score (nSPS) is 12.1. The first-order valence-electron chi connectivity index (χ1n) is 10.6. The fourth-order valence-electron chi connectivity index (χ4n) is 3.19. The highest BCUT2D eigenvalue weighted by atomic mass is 35.5. The summed E-state index contributed by atoms with van der Waals surface area (Å²) in [4.78, 5) is 27.5. The molecule has 0 aromatic heterocycles. The van der Waals surface area contributed by atoms with Crippen LogP contribution in [0.4, 0.5) is 5.69 Å². The van der Waals surface area contributed by atoms with Gasteiger partial charge in [0.15, 0.2) is 0 Å². The van der Waals surface area contributed by atoms with Gasteiger partial charge in [0, 0.05) is 28.7 Å². The number of nitrogens with zero attached hydrogens (tertiary/aromatic N) is 2. The maximum atomic E-state index is 13.5. The molecule has 0 spiro atoms. The second-order valence-electron chi connectivity index (χ2n) is 7.66. The molecule has 1 atom stereocenters. The average Bonchev–Trinajstić information content (AvgIpc) is 2.79. The van der Waals surface area contributed by atoms with E-state index >= 15 is 0 Å². The van der Waals surface area contributed by atoms with E-state index in [1.165, 1.54) is 12.0 Å². The molecular formula is C23H29Cl2N3O5S. The van der Waals surface area contributed by atoms with Gasteiger partial charge in [0.25, 0.3) is 0 Å². The third-order valence-corrected chi connectivity index (χ3v) is 7.00. The van der Waals surface area contributed by atoms with Crippen LogP contribution in [0.3, 0.4) is 0 Å². The predicted molar refractivity (Wildman–Crippen MR) is 135 cm³/mol. The molecule has 2 amide bonds. The summed E-state index contributed by atoms with van der Waals surface area (Å²) >= 11 is 12.6. The number of methoxy groups -OCH3 is 1. The van der Waals surface area contributed by atoms with Crippen molar-refractivity contribution in [1.29, 1.82) is 0 Å². The van der Waals surface area contributed by atoms with Crippen LogP contribution in [-0.4, -0.2) is 57.6 Å². The van der Waals surface area contributed by atoms with Crippen LogP contribution in [-0.2, 0) is 26.2 Å². The van der Waals surface area contributed by atoms with E-state index in [4.69, 9.17) is 27.9 Å². The van der Waals surface area contributed by atoms with Crippen molar-refractivity contribution in [2.75, 3.05) is 30.8 Å². The standard InChI is InChI=1S/C23H29Cl2N3O5S/c1-5-13-26-23(30)16(2)27(14-19-20(24)7-6-8-21(19)25)22(29)15-28(34(4,31)32)17-9-11-18(33-3)12-10-17/h6-12,16H,5,13-15H2,1-4H3,(H,26,30)/t16-/m0/s1. The quantitative estimate of drug-likeness (QED) is 0.478. The Bertz CT molecular complexity index is 1090. The molecule has 0 heterocycles. The SMILES string of the molecule is CCCNC(=O)[C@H](C)N(Cc1c(Cl)cccc1Cl)C(=O)CN(c1ccc(OC)cc1)S(C)(=O)=O. The Labute approximate surface area is 210 Å². The van der Waals surface area contributed by atoms with Gasteiger partial charge in [-0.05, 0) is 49.7 Å². The van der Waals surface area contributed by atoms with Crippen molar-refractivity contribution < 1.29 is 22.7 Å². The minimum atomic E-state index is -3.82. The second kappa shape index (κ2) is 12.3. The van der Waals surface area contributed by atoms with E-state index < -0.39 is 28.5 Å². The van der Waals surface area contributed by atoms with Crippen LogP contribution in [0.1, 0.15) is 25.8 Å². The number of ether oxygens (including phenoxy) is 1. The van der Waals surface area contributed by atoms with Gasteiger partial charge in [0.1, 0.15) is 18.3 Å². The molecule has 8 nitrogen and oxygen atoms in total. The lowest BCUT2D eigenvalue weighted by Gasteiger charge is -2.32. The zero-order valence-corrected chi connectivity index (χ0v) is 21.9. The monoisotopic (exact) mass is 529 g/mol. The fourth-order valence-corrected chi connectivity index (χ4v) is 4.56. The second-order valence-corrected chi connectivity index (χ2v) is 10.4. The summed E-state index contributed by atoms with van der Waals surface area (Å²) in [5, 5.41) is 3.44. The zero-order valence-electron chi connectivity index (χ0n) is 19.5. The summed E-state index contributed by atoms with van der Waals surface area (Å²) in [5.41, 5.74) is 0.750. The molecule has 0 saturated heterocycles. The molecule has 34 heavy (non-hydrogen) atoms. The lowest BCUT2D eigenvalue weighted by molar-refractivity contribution is -0.139. The van der Waals surface area contributed by atoms with Gasteiger partial charge in [-0.1, -0.05) is 36.2 Å². The zero-order chi connectivity index (χ0) is 25.5. The first-order valence-corrected chi connectivity index (χ1v) is 13.2. The lowest BCUT2D eigenvalue weighted by atomic mass is 10.1. The maximum Gasteiger partial charge on any atom is 0.244 e. The van der Waals surface area contributed by atoms with E-state index in [9.17, 15) is 18.0 Å². The minimum absolute atomic E-state index is 0.0712. The number of carbonyl (C=O) groups is 2. The smallest absolute Gasteiger partial charge is 0.244 e. The first-order chi connectivity index (χ1) is 16.0. The van der Waals surface area contributed by atoms with Crippen molar-refractivity contribution in [2.24, 2.45) is 0 Å². The molecule has 0 aliphatic heterocycles. The van der Waals surface area contributed by atoms with E-state index in [1.807, 2.05) is 6.92 Å². The number of hydrogen-bond donors (Lipinski definition) is 1. The van der Waals surface area contributed by atoms with Gasteiger partial charge >= 0.3 is 0 Å². The summed E-state index contributed by atoms with van der Waals surface area (Å²) in [6, 6.07) is 10.3. The van der Waals surface area contributed by atoms with Gasteiger partial charge in [-0.15, -0.1) is 0 Å². The third-order valence-electron chi connectivity index (χ3n) is 5.15. The number of carbonyl (C=O) groups excluding carboxylic acids is 2. The highest BCUT2D eigenvalue weighted by Crippen LogP contribution is 2.27. The van der Waals surface area contributed by atoms with Crippen LogP contribution in [0.5, 0.6) is 5.75 Å². The number of nitrogens with one attached hydrogen (secondary N) is 1. The molecule has 0 unspecified atom stereocenters. The van der Waals surface area contributed by atoms with Gasteiger partial charge in [0.2, 0.25) is 21.8 Å². The van der Waals surface area contributed by atoms with Crippen LogP contribution in [0.2, 0.25) is 10.0 Å². The van der Waals surface area contributed by atoms with Crippen molar-refractivity contribution in [1.82, 2.24) is 10.2 Å². The summed E-state index contributed by atoms with van der Waals surface area (Å²) in [7, 11) is -2.33. The molecule has 2 aromatic carbocycles. The molecular weight excluding hydrogens is 501 g/mol. The molecule has 0 aliphatic rings. The van der Waals surface area contributed by atoms with E-state index in [2.05, 4.69) is 5.32 Å². The lowest BCUT2D eigenvalue weighted by Crippen LogP contribution is -2.51. The van der Waals surface area contributed by atoms with Gasteiger partial charge in [-0.25, -0.2) is 8.42 Å². The highest BCUT2D eigenvalue weighted by Gasteiger charge is 2.30. The Balaban J connectivity index is 2.42. The molecule has 2 rings (SSSR count). The summed E-state index contributed by atoms with van der Waals surface area (Å²) < 4.78 is 31.2. The number of benzene rings is 2. The molecule has 1 N–H and O–H groups in total. The minimum Gasteiger partial charge on any atom is -0.497 e. The molecule has 186 valence electrons.